The fraction of sp³-hybridized carbons (Fsp3) is 0.235. The van der Waals surface area contributed by atoms with Gasteiger partial charge in [-0.15, -0.1) is 0 Å². The van der Waals surface area contributed by atoms with E-state index in [1.54, 1.807) is 51.7 Å². The lowest BCUT2D eigenvalue weighted by atomic mass is 9.89. The van der Waals surface area contributed by atoms with Gasteiger partial charge in [0.05, 0.1) is 27.2 Å². The first-order chi connectivity index (χ1) is 10.6. The van der Waals surface area contributed by atoms with Gasteiger partial charge in [0.2, 0.25) is 5.91 Å². The second-order valence-electron chi connectivity index (χ2n) is 4.72. The quantitative estimate of drug-likeness (QED) is 0.889. The smallest absolute Gasteiger partial charge is 0.229 e. The second kappa shape index (κ2) is 6.85. The summed E-state index contributed by atoms with van der Waals surface area (Å²) in [6, 6.07) is 12.5. The monoisotopic (exact) mass is 301 g/mol. The molecule has 0 saturated heterocycles. The molecule has 0 fully saturated rings. The molecule has 2 aromatic rings. The predicted molar refractivity (Wildman–Crippen MR) is 83.6 cm³/mol. The molecule has 0 heterocycles. The normalized spacial score (nSPS) is 11.6. The van der Waals surface area contributed by atoms with Crippen LogP contribution in [-0.2, 0) is 4.79 Å². The van der Waals surface area contributed by atoms with Gasteiger partial charge in [-0.3, -0.25) is 4.79 Å². The highest BCUT2D eigenvalue weighted by atomic mass is 16.5. The summed E-state index contributed by atoms with van der Waals surface area (Å²) < 4.78 is 15.7. The largest absolute Gasteiger partial charge is 0.497 e. The van der Waals surface area contributed by atoms with E-state index in [1.165, 1.54) is 0 Å². The van der Waals surface area contributed by atoms with Crippen molar-refractivity contribution < 1.29 is 19.0 Å². The maximum absolute atomic E-state index is 12.0. The van der Waals surface area contributed by atoms with Crippen LogP contribution in [0.3, 0.4) is 0 Å². The van der Waals surface area contributed by atoms with Gasteiger partial charge in [0, 0.05) is 5.56 Å². The topological polar surface area (TPSA) is 70.8 Å². The Bertz CT molecular complexity index is 652. The van der Waals surface area contributed by atoms with Crippen molar-refractivity contribution in [3.63, 3.8) is 0 Å². The number of hydrogen-bond acceptors (Lipinski definition) is 4. The number of nitrogens with two attached hydrogens (primary N) is 1. The molecule has 0 aliphatic carbocycles. The van der Waals surface area contributed by atoms with E-state index in [4.69, 9.17) is 19.9 Å². The van der Waals surface area contributed by atoms with E-state index >= 15 is 0 Å². The summed E-state index contributed by atoms with van der Waals surface area (Å²) in [7, 11) is 4.71. The van der Waals surface area contributed by atoms with Crippen LogP contribution in [0.4, 0.5) is 0 Å². The van der Waals surface area contributed by atoms with E-state index in [9.17, 15) is 4.79 Å². The molecule has 0 aromatic heterocycles. The van der Waals surface area contributed by atoms with Crippen LogP contribution in [0.1, 0.15) is 17.0 Å². The second-order valence-corrected chi connectivity index (χ2v) is 4.72. The summed E-state index contributed by atoms with van der Waals surface area (Å²) >= 11 is 0. The molecule has 0 aliphatic rings. The minimum absolute atomic E-state index is 0.461. The molecule has 5 heteroatoms. The van der Waals surface area contributed by atoms with Crippen molar-refractivity contribution in [3.05, 3.63) is 53.6 Å². The lowest BCUT2D eigenvalue weighted by molar-refractivity contribution is -0.118. The van der Waals surface area contributed by atoms with Gasteiger partial charge in [-0.05, 0) is 35.9 Å². The zero-order valence-electron chi connectivity index (χ0n) is 12.8. The van der Waals surface area contributed by atoms with Gasteiger partial charge in [-0.25, -0.2) is 0 Å². The minimum atomic E-state index is -0.629. The molecule has 5 nitrogen and oxygen atoms in total. The van der Waals surface area contributed by atoms with Crippen LogP contribution in [0.5, 0.6) is 17.2 Å². The van der Waals surface area contributed by atoms with Crippen molar-refractivity contribution in [1.29, 1.82) is 0 Å². The van der Waals surface area contributed by atoms with Crippen LogP contribution >= 0.6 is 0 Å². The van der Waals surface area contributed by atoms with Crippen molar-refractivity contribution >= 4 is 5.91 Å². The summed E-state index contributed by atoms with van der Waals surface area (Å²) in [6.07, 6.45) is 0. The minimum Gasteiger partial charge on any atom is -0.497 e. The lowest BCUT2D eigenvalue weighted by Gasteiger charge is -2.18. The standard InChI is InChI=1S/C17H19NO4/c1-20-12-6-4-11(5-7-12)16(17(18)19)14-10-13(21-2)8-9-15(14)22-3/h4-10,16H,1-3H3,(H2,18,19). The summed E-state index contributed by atoms with van der Waals surface area (Å²) in [5, 5.41) is 0. The molecule has 0 aliphatic heterocycles. The molecule has 1 unspecified atom stereocenters. The SMILES string of the molecule is COc1ccc(C(C(N)=O)c2cc(OC)ccc2OC)cc1. The number of methoxy groups -OCH3 is 3. The fourth-order valence-electron chi connectivity index (χ4n) is 2.36. The molecule has 2 aromatic carbocycles. The molecule has 2 rings (SSSR count). The number of ether oxygens (including phenoxy) is 3. The first-order valence-electron chi connectivity index (χ1n) is 6.76. The van der Waals surface area contributed by atoms with Crippen LogP contribution in [0.25, 0.3) is 0 Å². The summed E-state index contributed by atoms with van der Waals surface area (Å²) in [5.74, 6) is 0.841. The number of benzene rings is 2. The number of amides is 1. The highest BCUT2D eigenvalue weighted by molar-refractivity contribution is 5.86. The van der Waals surface area contributed by atoms with E-state index < -0.39 is 11.8 Å². The Morgan fingerprint density at radius 3 is 2.00 bits per heavy atom. The third kappa shape index (κ3) is 3.14. The van der Waals surface area contributed by atoms with Crippen molar-refractivity contribution in [2.45, 2.75) is 5.92 Å². The third-order valence-electron chi connectivity index (χ3n) is 3.48. The first-order valence-corrected chi connectivity index (χ1v) is 6.76. The Morgan fingerprint density at radius 1 is 0.909 bits per heavy atom. The fourth-order valence-corrected chi connectivity index (χ4v) is 2.36. The Hall–Kier alpha value is -2.69. The third-order valence-corrected chi connectivity index (χ3v) is 3.48. The van der Waals surface area contributed by atoms with Gasteiger partial charge in [0.1, 0.15) is 17.2 Å². The van der Waals surface area contributed by atoms with Gasteiger partial charge < -0.3 is 19.9 Å². The Labute approximate surface area is 129 Å². The molecular weight excluding hydrogens is 282 g/mol. The van der Waals surface area contributed by atoms with Gasteiger partial charge in [-0.1, -0.05) is 12.1 Å². The molecular formula is C17H19NO4. The number of rotatable bonds is 6. The Balaban J connectivity index is 2.53. The molecule has 1 atom stereocenters. The maximum Gasteiger partial charge on any atom is 0.229 e. The molecule has 0 spiro atoms. The van der Waals surface area contributed by atoms with E-state index in [2.05, 4.69) is 0 Å². The number of carbonyl (C=O) groups is 1. The van der Waals surface area contributed by atoms with Crippen LogP contribution in [-0.4, -0.2) is 27.2 Å². The lowest BCUT2D eigenvalue weighted by Crippen LogP contribution is -2.23. The van der Waals surface area contributed by atoms with E-state index in [1.807, 2.05) is 12.1 Å². The zero-order valence-corrected chi connectivity index (χ0v) is 12.8. The maximum atomic E-state index is 12.0. The predicted octanol–water partition coefficient (Wildman–Crippen LogP) is 2.33. The Morgan fingerprint density at radius 2 is 1.50 bits per heavy atom. The van der Waals surface area contributed by atoms with Gasteiger partial charge in [-0.2, -0.15) is 0 Å². The molecule has 22 heavy (non-hydrogen) atoms. The zero-order chi connectivity index (χ0) is 16.1. The molecule has 0 saturated carbocycles. The van der Waals surface area contributed by atoms with Crippen LogP contribution < -0.4 is 19.9 Å². The average Bonchev–Trinajstić information content (AvgIpc) is 2.55. The highest BCUT2D eigenvalue weighted by Gasteiger charge is 2.24. The molecule has 0 bridgehead atoms. The highest BCUT2D eigenvalue weighted by Crippen LogP contribution is 2.35. The molecule has 116 valence electrons. The number of hydrogen-bond donors (Lipinski definition) is 1. The number of primary amides is 1. The van der Waals surface area contributed by atoms with Gasteiger partial charge >= 0.3 is 0 Å². The Kier molecular flexibility index (Phi) is 4.88. The van der Waals surface area contributed by atoms with Crippen molar-refractivity contribution in [3.8, 4) is 17.2 Å². The van der Waals surface area contributed by atoms with E-state index in [-0.39, 0.29) is 0 Å². The molecule has 2 N–H and O–H groups in total. The van der Waals surface area contributed by atoms with Crippen LogP contribution in [0, 0.1) is 0 Å². The summed E-state index contributed by atoms with van der Waals surface area (Å²) in [4.78, 5) is 12.0. The molecule has 0 radical (unpaired) electrons. The first kappa shape index (κ1) is 15.7. The summed E-state index contributed by atoms with van der Waals surface area (Å²) in [5.41, 5.74) is 7.05. The van der Waals surface area contributed by atoms with E-state index in [0.29, 0.717) is 22.8 Å². The van der Waals surface area contributed by atoms with Gasteiger partial charge in [0.15, 0.2) is 0 Å². The molecule has 1 amide bonds. The van der Waals surface area contributed by atoms with Crippen molar-refractivity contribution in [2.24, 2.45) is 5.73 Å². The van der Waals surface area contributed by atoms with Crippen molar-refractivity contribution in [2.75, 3.05) is 21.3 Å². The van der Waals surface area contributed by atoms with Gasteiger partial charge in [0.25, 0.3) is 0 Å². The average molecular weight is 301 g/mol. The van der Waals surface area contributed by atoms with Crippen LogP contribution in [0.15, 0.2) is 42.5 Å². The number of carbonyl (C=O) groups excluding carboxylic acids is 1. The van der Waals surface area contributed by atoms with E-state index in [0.717, 1.165) is 5.56 Å². The summed E-state index contributed by atoms with van der Waals surface area (Å²) in [6.45, 7) is 0. The van der Waals surface area contributed by atoms with Crippen molar-refractivity contribution in [1.82, 2.24) is 0 Å². The van der Waals surface area contributed by atoms with Crippen LogP contribution in [0.2, 0.25) is 0 Å².